The van der Waals surface area contributed by atoms with Gasteiger partial charge in [-0.05, 0) is 24.6 Å². The van der Waals surface area contributed by atoms with E-state index < -0.39 is 6.10 Å². The zero-order valence-corrected chi connectivity index (χ0v) is 10.3. The molecule has 0 spiro atoms. The Morgan fingerprint density at radius 3 is 2.83 bits per heavy atom. The van der Waals surface area contributed by atoms with Gasteiger partial charge in [-0.25, -0.2) is 4.98 Å². The van der Waals surface area contributed by atoms with Crippen molar-refractivity contribution in [2.45, 2.75) is 13.0 Å². The Labute approximate surface area is 105 Å². The second-order valence-corrected chi connectivity index (χ2v) is 4.30. The Morgan fingerprint density at radius 2 is 2.11 bits per heavy atom. The first-order valence-electron chi connectivity index (χ1n) is 5.72. The van der Waals surface area contributed by atoms with E-state index in [0.29, 0.717) is 11.5 Å². The van der Waals surface area contributed by atoms with Crippen molar-refractivity contribution in [1.29, 1.82) is 0 Å². The highest BCUT2D eigenvalue weighted by Gasteiger charge is 2.19. The van der Waals surface area contributed by atoms with Gasteiger partial charge in [0.1, 0.15) is 11.9 Å². The van der Waals surface area contributed by atoms with Gasteiger partial charge in [-0.2, -0.15) is 0 Å². The summed E-state index contributed by atoms with van der Waals surface area (Å²) < 4.78 is 12.4. The van der Waals surface area contributed by atoms with Crippen LogP contribution in [0.5, 0.6) is 11.5 Å². The van der Waals surface area contributed by atoms with Crippen LogP contribution in [0.3, 0.4) is 0 Å². The fourth-order valence-corrected chi connectivity index (χ4v) is 2.03. The van der Waals surface area contributed by atoms with Gasteiger partial charge in [0.15, 0.2) is 11.5 Å². The van der Waals surface area contributed by atoms with Crippen molar-refractivity contribution in [2.24, 2.45) is 7.05 Å². The molecule has 1 N–H and O–H groups in total. The first-order chi connectivity index (χ1) is 8.66. The Kier molecular flexibility index (Phi) is 2.48. The lowest BCUT2D eigenvalue weighted by Gasteiger charge is -2.12. The van der Waals surface area contributed by atoms with Gasteiger partial charge in [0.05, 0.1) is 11.9 Å². The van der Waals surface area contributed by atoms with Crippen LogP contribution >= 0.6 is 0 Å². The molecule has 18 heavy (non-hydrogen) atoms. The molecule has 0 fully saturated rings. The van der Waals surface area contributed by atoms with Gasteiger partial charge < -0.3 is 19.1 Å². The van der Waals surface area contributed by atoms with Gasteiger partial charge in [0.2, 0.25) is 6.79 Å². The lowest BCUT2D eigenvalue weighted by molar-refractivity contribution is 0.173. The molecule has 5 heteroatoms. The fraction of sp³-hybridized carbons (Fsp3) is 0.308. The van der Waals surface area contributed by atoms with Gasteiger partial charge in [-0.15, -0.1) is 0 Å². The largest absolute Gasteiger partial charge is 0.454 e. The van der Waals surface area contributed by atoms with Crippen molar-refractivity contribution < 1.29 is 14.6 Å². The van der Waals surface area contributed by atoms with Crippen molar-refractivity contribution >= 4 is 0 Å². The van der Waals surface area contributed by atoms with Crippen LogP contribution in [-0.2, 0) is 7.05 Å². The van der Waals surface area contributed by atoms with Gasteiger partial charge in [-0.1, -0.05) is 6.07 Å². The number of fused-ring (bicyclic) bond motifs is 1. The molecule has 1 aromatic heterocycles. The van der Waals surface area contributed by atoms with Gasteiger partial charge in [-0.3, -0.25) is 0 Å². The minimum atomic E-state index is -0.717. The number of benzene rings is 1. The normalized spacial score (nSPS) is 14.8. The molecular weight excluding hydrogens is 232 g/mol. The predicted octanol–water partition coefficient (Wildman–Crippen LogP) is 1.54. The highest BCUT2D eigenvalue weighted by atomic mass is 16.7. The topological polar surface area (TPSA) is 56.5 Å². The predicted molar refractivity (Wildman–Crippen MR) is 64.6 cm³/mol. The molecule has 0 radical (unpaired) electrons. The third kappa shape index (κ3) is 1.64. The van der Waals surface area contributed by atoms with E-state index in [1.165, 1.54) is 0 Å². The molecule has 2 heterocycles. The summed E-state index contributed by atoms with van der Waals surface area (Å²) in [7, 11) is 1.88. The molecule has 5 nitrogen and oxygen atoms in total. The molecule has 0 saturated carbocycles. The average molecular weight is 246 g/mol. The average Bonchev–Trinajstić information content (AvgIpc) is 2.96. The Bertz CT molecular complexity index is 592. The number of aryl methyl sites for hydroxylation is 1. The molecule has 0 aliphatic carbocycles. The monoisotopic (exact) mass is 246 g/mol. The summed E-state index contributed by atoms with van der Waals surface area (Å²) in [5, 5.41) is 10.4. The maximum absolute atomic E-state index is 10.4. The number of nitrogens with zero attached hydrogens (tertiary/aromatic N) is 2. The van der Waals surface area contributed by atoms with E-state index in [1.54, 1.807) is 12.3 Å². The molecule has 1 aliphatic heterocycles. The Hall–Kier alpha value is -2.01. The van der Waals surface area contributed by atoms with Gasteiger partial charge in [0.25, 0.3) is 0 Å². The Balaban J connectivity index is 1.97. The maximum atomic E-state index is 10.4. The van der Waals surface area contributed by atoms with Crippen LogP contribution in [-0.4, -0.2) is 21.5 Å². The van der Waals surface area contributed by atoms with Crippen molar-refractivity contribution in [2.75, 3.05) is 6.79 Å². The van der Waals surface area contributed by atoms with Gasteiger partial charge in [0, 0.05) is 7.05 Å². The molecule has 0 saturated heterocycles. The van der Waals surface area contributed by atoms with E-state index in [9.17, 15) is 5.11 Å². The number of aromatic nitrogens is 2. The second kappa shape index (κ2) is 4.03. The summed E-state index contributed by atoms with van der Waals surface area (Å²) in [5.41, 5.74) is 1.52. The number of rotatable bonds is 2. The van der Waals surface area contributed by atoms with E-state index >= 15 is 0 Å². The first kappa shape index (κ1) is 11.1. The van der Waals surface area contributed by atoms with Crippen LogP contribution in [0.1, 0.15) is 23.2 Å². The molecule has 0 amide bonds. The molecule has 1 unspecified atom stereocenters. The van der Waals surface area contributed by atoms with E-state index in [1.807, 2.05) is 30.7 Å². The van der Waals surface area contributed by atoms with Crippen molar-refractivity contribution in [3.05, 3.63) is 41.5 Å². The van der Waals surface area contributed by atoms with E-state index in [2.05, 4.69) is 4.98 Å². The molecule has 0 bridgehead atoms. The smallest absolute Gasteiger partial charge is 0.231 e. The third-order valence-electron chi connectivity index (χ3n) is 3.25. The molecule has 1 aliphatic rings. The van der Waals surface area contributed by atoms with E-state index in [-0.39, 0.29) is 6.79 Å². The summed E-state index contributed by atoms with van der Waals surface area (Å²) in [4.78, 5) is 4.18. The van der Waals surface area contributed by atoms with Crippen LogP contribution in [0.25, 0.3) is 0 Å². The highest BCUT2D eigenvalue weighted by Crippen LogP contribution is 2.35. The molecule has 3 rings (SSSR count). The van der Waals surface area contributed by atoms with Crippen LogP contribution in [0.4, 0.5) is 0 Å². The maximum Gasteiger partial charge on any atom is 0.231 e. The summed E-state index contributed by atoms with van der Waals surface area (Å²) in [6.07, 6.45) is 0.968. The quantitative estimate of drug-likeness (QED) is 0.873. The summed E-state index contributed by atoms with van der Waals surface area (Å²) in [5.74, 6) is 2.25. The zero-order valence-electron chi connectivity index (χ0n) is 10.3. The minimum absolute atomic E-state index is 0.236. The van der Waals surface area contributed by atoms with Crippen molar-refractivity contribution in [1.82, 2.24) is 9.55 Å². The minimum Gasteiger partial charge on any atom is -0.454 e. The van der Waals surface area contributed by atoms with Crippen LogP contribution in [0.2, 0.25) is 0 Å². The summed E-state index contributed by atoms with van der Waals surface area (Å²) >= 11 is 0. The molecule has 1 atom stereocenters. The molecule has 1 aromatic carbocycles. The van der Waals surface area contributed by atoms with E-state index in [4.69, 9.17) is 9.47 Å². The number of imidazole rings is 1. The zero-order chi connectivity index (χ0) is 12.7. The lowest BCUT2D eigenvalue weighted by atomic mass is 10.1. The Morgan fingerprint density at radius 1 is 1.33 bits per heavy atom. The third-order valence-corrected chi connectivity index (χ3v) is 3.25. The van der Waals surface area contributed by atoms with Crippen LogP contribution in [0.15, 0.2) is 24.4 Å². The van der Waals surface area contributed by atoms with Crippen molar-refractivity contribution in [3.63, 3.8) is 0 Å². The number of aliphatic hydroxyl groups is 1. The standard InChI is InChI=1S/C13H14N2O3/c1-8-14-6-10(15(8)2)13(16)9-3-4-11-12(5-9)18-7-17-11/h3-6,13,16H,7H2,1-2H3. The van der Waals surface area contributed by atoms with E-state index in [0.717, 1.165) is 17.1 Å². The fourth-order valence-electron chi connectivity index (χ4n) is 2.03. The highest BCUT2D eigenvalue weighted by molar-refractivity contribution is 5.46. The molecule has 94 valence electrons. The second-order valence-electron chi connectivity index (χ2n) is 4.30. The first-order valence-corrected chi connectivity index (χ1v) is 5.72. The number of aliphatic hydroxyl groups excluding tert-OH is 1. The lowest BCUT2D eigenvalue weighted by Crippen LogP contribution is -2.06. The van der Waals surface area contributed by atoms with Gasteiger partial charge >= 0.3 is 0 Å². The number of hydrogen-bond donors (Lipinski definition) is 1. The number of ether oxygens (including phenoxy) is 2. The van der Waals surface area contributed by atoms with Crippen LogP contribution in [0, 0.1) is 6.92 Å². The number of hydrogen-bond acceptors (Lipinski definition) is 4. The van der Waals surface area contributed by atoms with Crippen molar-refractivity contribution in [3.8, 4) is 11.5 Å². The summed E-state index contributed by atoms with van der Waals surface area (Å²) in [6, 6.07) is 5.44. The SMILES string of the molecule is Cc1ncc(C(O)c2ccc3c(c2)OCO3)n1C. The molecular formula is C13H14N2O3. The van der Waals surface area contributed by atoms with Crippen LogP contribution < -0.4 is 9.47 Å². The molecule has 2 aromatic rings. The summed E-state index contributed by atoms with van der Waals surface area (Å²) in [6.45, 7) is 2.13.